The Labute approximate surface area is 205 Å². The average Bonchev–Trinajstić information content (AvgIpc) is 2.85. The van der Waals surface area contributed by atoms with Crippen molar-refractivity contribution in [2.24, 2.45) is 5.92 Å². The van der Waals surface area contributed by atoms with Gasteiger partial charge in [0, 0.05) is 11.8 Å². The number of rotatable bonds is 8. The Balaban J connectivity index is 1.63. The summed E-state index contributed by atoms with van der Waals surface area (Å²) in [6.07, 6.45) is 1.29. The highest BCUT2D eigenvalue weighted by Crippen LogP contribution is 2.42. The van der Waals surface area contributed by atoms with Gasteiger partial charge in [0.05, 0.1) is 16.9 Å². The van der Waals surface area contributed by atoms with Crippen molar-refractivity contribution < 1.29 is 18.3 Å². The molecule has 0 amide bonds. The van der Waals surface area contributed by atoms with Crippen molar-refractivity contribution in [2.75, 3.05) is 12.3 Å². The van der Waals surface area contributed by atoms with E-state index in [1.54, 1.807) is 42.1 Å². The first-order chi connectivity index (χ1) is 16.4. The molecule has 3 aromatic carbocycles. The number of piperidine rings is 1. The lowest BCUT2D eigenvalue weighted by Gasteiger charge is -2.41. The second-order valence-corrected chi connectivity index (χ2v) is 11.9. The van der Waals surface area contributed by atoms with Crippen LogP contribution in [0.1, 0.15) is 29.2 Å². The number of carboxylic acids is 1. The number of hydrogen-bond donors (Lipinski definition) is 1. The van der Waals surface area contributed by atoms with Crippen LogP contribution in [0.4, 0.5) is 0 Å². The van der Waals surface area contributed by atoms with Crippen molar-refractivity contribution in [1.29, 1.82) is 0 Å². The standard InChI is InChI=1S/C27H29NO4S2/c1-20-12-14-22(15-13-20)25-18-26(33-17-16-21-8-4-2-5-9-21)24(27(29)30)19-28(25)34(31,32)23-10-6-3-7-11-23/h2-15,24-26H,16-19H2,1H3,(H,29,30)/t24-,25+,26-/m1/s1. The van der Waals surface area contributed by atoms with E-state index >= 15 is 0 Å². The summed E-state index contributed by atoms with van der Waals surface area (Å²) in [6, 6.07) is 25.8. The van der Waals surface area contributed by atoms with Crippen molar-refractivity contribution in [1.82, 2.24) is 4.31 Å². The van der Waals surface area contributed by atoms with Crippen LogP contribution in [0.15, 0.2) is 89.8 Å². The summed E-state index contributed by atoms with van der Waals surface area (Å²) in [5.41, 5.74) is 3.19. The van der Waals surface area contributed by atoms with Gasteiger partial charge in [0.25, 0.3) is 0 Å². The lowest BCUT2D eigenvalue weighted by Crippen LogP contribution is -2.49. The highest BCUT2D eigenvalue weighted by Gasteiger charge is 2.45. The Morgan fingerprint density at radius 2 is 1.59 bits per heavy atom. The van der Waals surface area contributed by atoms with E-state index in [1.165, 1.54) is 9.87 Å². The molecule has 178 valence electrons. The van der Waals surface area contributed by atoms with E-state index in [4.69, 9.17) is 0 Å². The van der Waals surface area contributed by atoms with Crippen molar-refractivity contribution in [3.63, 3.8) is 0 Å². The van der Waals surface area contributed by atoms with Gasteiger partial charge in [0.15, 0.2) is 0 Å². The van der Waals surface area contributed by atoms with Crippen LogP contribution >= 0.6 is 11.8 Å². The zero-order valence-corrected chi connectivity index (χ0v) is 20.7. The second-order valence-electron chi connectivity index (χ2n) is 8.64. The summed E-state index contributed by atoms with van der Waals surface area (Å²) in [6.45, 7) is 1.94. The lowest BCUT2D eigenvalue weighted by atomic mass is 9.90. The normalized spacial score (nSPS) is 21.3. The average molecular weight is 496 g/mol. The Morgan fingerprint density at radius 3 is 2.21 bits per heavy atom. The maximum absolute atomic E-state index is 13.6. The SMILES string of the molecule is Cc1ccc([C@@H]2C[C@@H](SCCc3ccccc3)[C@H](C(=O)O)CN2S(=O)(=O)c2ccccc2)cc1. The van der Waals surface area contributed by atoms with Gasteiger partial charge in [0.1, 0.15) is 0 Å². The zero-order chi connectivity index (χ0) is 24.1. The van der Waals surface area contributed by atoms with Gasteiger partial charge in [0.2, 0.25) is 10.0 Å². The molecular formula is C27H29NO4S2. The van der Waals surface area contributed by atoms with Gasteiger partial charge >= 0.3 is 5.97 Å². The Morgan fingerprint density at radius 1 is 0.971 bits per heavy atom. The molecular weight excluding hydrogens is 466 g/mol. The van der Waals surface area contributed by atoms with Gasteiger partial charge in [-0.2, -0.15) is 16.1 Å². The van der Waals surface area contributed by atoms with Gasteiger partial charge in [-0.3, -0.25) is 4.79 Å². The number of carbonyl (C=O) groups is 1. The van der Waals surface area contributed by atoms with Crippen LogP contribution in [0.3, 0.4) is 0 Å². The molecule has 4 rings (SSSR count). The molecule has 7 heteroatoms. The third-order valence-electron chi connectivity index (χ3n) is 6.32. The molecule has 3 aromatic rings. The van der Waals surface area contributed by atoms with Crippen molar-refractivity contribution in [3.8, 4) is 0 Å². The van der Waals surface area contributed by atoms with Crippen LogP contribution in [0, 0.1) is 12.8 Å². The molecule has 0 saturated carbocycles. The Hall–Kier alpha value is -2.61. The summed E-state index contributed by atoms with van der Waals surface area (Å²) in [4.78, 5) is 12.4. The molecule has 0 spiro atoms. The van der Waals surface area contributed by atoms with E-state index in [2.05, 4.69) is 12.1 Å². The fourth-order valence-electron chi connectivity index (χ4n) is 4.42. The molecule has 1 N–H and O–H groups in total. The van der Waals surface area contributed by atoms with Crippen LogP contribution in [0.25, 0.3) is 0 Å². The summed E-state index contributed by atoms with van der Waals surface area (Å²) in [5.74, 6) is -0.946. The maximum Gasteiger partial charge on any atom is 0.308 e. The molecule has 0 aliphatic carbocycles. The number of benzene rings is 3. The number of aryl methyl sites for hydroxylation is 2. The third-order valence-corrected chi connectivity index (χ3v) is 9.60. The molecule has 5 nitrogen and oxygen atoms in total. The van der Waals surface area contributed by atoms with E-state index in [1.807, 2.05) is 49.4 Å². The van der Waals surface area contributed by atoms with Crippen LogP contribution < -0.4 is 0 Å². The molecule has 1 fully saturated rings. The molecule has 3 atom stereocenters. The molecule has 0 unspecified atom stereocenters. The van der Waals surface area contributed by atoms with E-state index in [-0.39, 0.29) is 16.7 Å². The van der Waals surface area contributed by atoms with E-state index in [0.717, 1.165) is 23.3 Å². The Bertz CT molecular complexity index is 1200. The van der Waals surface area contributed by atoms with Crippen molar-refractivity contribution in [3.05, 3.63) is 102 Å². The van der Waals surface area contributed by atoms with Gasteiger partial charge < -0.3 is 5.11 Å². The number of hydrogen-bond acceptors (Lipinski definition) is 4. The van der Waals surface area contributed by atoms with Gasteiger partial charge in [-0.15, -0.1) is 0 Å². The monoisotopic (exact) mass is 495 g/mol. The molecule has 34 heavy (non-hydrogen) atoms. The summed E-state index contributed by atoms with van der Waals surface area (Å²) in [5, 5.41) is 9.85. The first kappa shape index (κ1) is 24.5. The fourth-order valence-corrected chi connectivity index (χ4v) is 7.50. The number of nitrogens with zero attached hydrogens (tertiary/aromatic N) is 1. The number of carboxylic acid groups (broad SMARTS) is 1. The van der Waals surface area contributed by atoms with Crippen molar-refractivity contribution in [2.45, 2.75) is 36.0 Å². The van der Waals surface area contributed by atoms with E-state index in [9.17, 15) is 18.3 Å². The smallest absolute Gasteiger partial charge is 0.308 e. The second kappa shape index (κ2) is 10.8. The largest absolute Gasteiger partial charge is 0.481 e. The first-order valence-corrected chi connectivity index (χ1v) is 13.9. The van der Waals surface area contributed by atoms with Crippen LogP contribution in [0.5, 0.6) is 0 Å². The molecule has 0 bridgehead atoms. The topological polar surface area (TPSA) is 74.7 Å². The van der Waals surface area contributed by atoms with Gasteiger partial charge in [-0.05, 0) is 48.8 Å². The number of thioether (sulfide) groups is 1. The quantitative estimate of drug-likeness (QED) is 0.466. The molecule has 1 aliphatic rings. The highest BCUT2D eigenvalue weighted by molar-refractivity contribution is 7.99. The minimum atomic E-state index is -3.86. The van der Waals surface area contributed by atoms with Crippen molar-refractivity contribution >= 4 is 27.8 Å². The maximum atomic E-state index is 13.6. The third kappa shape index (κ3) is 5.54. The minimum absolute atomic E-state index is 0.0475. The molecule has 1 aliphatic heterocycles. The number of aliphatic carboxylic acids is 1. The van der Waals surface area contributed by atoms with Gasteiger partial charge in [-0.1, -0.05) is 78.4 Å². The van der Waals surface area contributed by atoms with Crippen LogP contribution in [-0.2, 0) is 21.2 Å². The molecule has 1 saturated heterocycles. The molecule has 0 aromatic heterocycles. The highest BCUT2D eigenvalue weighted by atomic mass is 32.2. The summed E-state index contributed by atoms with van der Waals surface area (Å²) >= 11 is 1.64. The summed E-state index contributed by atoms with van der Waals surface area (Å²) in [7, 11) is -3.86. The fraction of sp³-hybridized carbons (Fsp3) is 0.296. The molecule has 1 heterocycles. The van der Waals surface area contributed by atoms with Crippen LogP contribution in [-0.4, -0.2) is 41.3 Å². The first-order valence-electron chi connectivity index (χ1n) is 11.4. The molecule has 0 radical (unpaired) electrons. The number of sulfonamides is 1. The predicted molar refractivity (Wildman–Crippen MR) is 136 cm³/mol. The predicted octanol–water partition coefficient (Wildman–Crippen LogP) is 5.18. The van der Waals surface area contributed by atoms with Gasteiger partial charge in [-0.25, -0.2) is 8.42 Å². The zero-order valence-electron chi connectivity index (χ0n) is 19.1. The summed E-state index contributed by atoms with van der Waals surface area (Å²) < 4.78 is 28.7. The lowest BCUT2D eigenvalue weighted by molar-refractivity contribution is -0.143. The Kier molecular flexibility index (Phi) is 7.76. The van der Waals surface area contributed by atoms with E-state index in [0.29, 0.717) is 6.42 Å². The van der Waals surface area contributed by atoms with E-state index < -0.39 is 28.0 Å². The van der Waals surface area contributed by atoms with Crippen LogP contribution in [0.2, 0.25) is 0 Å². The minimum Gasteiger partial charge on any atom is -0.481 e.